The Morgan fingerprint density at radius 3 is 2.95 bits per heavy atom. The first-order valence-electron chi connectivity index (χ1n) is 6.89. The summed E-state index contributed by atoms with van der Waals surface area (Å²) in [5, 5.41) is 8.35. The topological polar surface area (TPSA) is 29.9 Å². The van der Waals surface area contributed by atoms with Crippen molar-refractivity contribution >= 4 is 21.7 Å². The highest BCUT2D eigenvalue weighted by Gasteiger charge is 2.20. The summed E-state index contributed by atoms with van der Waals surface area (Å²) < 4.78 is 3.21. The Morgan fingerprint density at radius 1 is 1.32 bits per heavy atom. The molecule has 2 heterocycles. The molecule has 1 aromatic heterocycles. The number of hydrogen-bond acceptors (Lipinski definition) is 2. The van der Waals surface area contributed by atoms with E-state index in [0.717, 1.165) is 29.7 Å². The number of halogens is 1. The van der Waals surface area contributed by atoms with Crippen molar-refractivity contribution in [1.29, 1.82) is 0 Å². The molecule has 0 bridgehead atoms. The Morgan fingerprint density at radius 2 is 2.16 bits per heavy atom. The van der Waals surface area contributed by atoms with Gasteiger partial charge in [-0.15, -0.1) is 0 Å². The van der Waals surface area contributed by atoms with Gasteiger partial charge in [0, 0.05) is 28.7 Å². The second-order valence-corrected chi connectivity index (χ2v) is 5.71. The van der Waals surface area contributed by atoms with E-state index < -0.39 is 0 Å². The number of aromatic nitrogens is 2. The average molecular weight is 320 g/mol. The minimum absolute atomic E-state index is 0.903. The zero-order valence-electron chi connectivity index (χ0n) is 11.1. The van der Waals surface area contributed by atoms with Crippen LogP contribution in [0.5, 0.6) is 0 Å². The van der Waals surface area contributed by atoms with Crippen LogP contribution in [-0.4, -0.2) is 16.3 Å². The SMILES string of the molecule is CCn1nc(-c2ccccc2Br)c2c1NCCCC2. The molecule has 0 radical (unpaired) electrons. The molecular formula is C15H18BrN3. The molecule has 0 spiro atoms. The molecule has 0 fully saturated rings. The lowest BCUT2D eigenvalue weighted by Crippen LogP contribution is -2.07. The van der Waals surface area contributed by atoms with Crippen LogP contribution in [0.25, 0.3) is 11.3 Å². The molecule has 1 aliphatic rings. The Hall–Kier alpha value is -1.29. The second kappa shape index (κ2) is 5.37. The van der Waals surface area contributed by atoms with Gasteiger partial charge in [-0.3, -0.25) is 0 Å². The molecule has 3 rings (SSSR count). The quantitative estimate of drug-likeness (QED) is 0.903. The highest BCUT2D eigenvalue weighted by molar-refractivity contribution is 9.10. The average Bonchev–Trinajstić information content (AvgIpc) is 2.61. The lowest BCUT2D eigenvalue weighted by Gasteiger charge is -2.06. The lowest BCUT2D eigenvalue weighted by molar-refractivity contribution is 0.665. The van der Waals surface area contributed by atoms with Crippen molar-refractivity contribution in [3.63, 3.8) is 0 Å². The predicted molar refractivity (Wildman–Crippen MR) is 82.5 cm³/mol. The van der Waals surface area contributed by atoms with Gasteiger partial charge in [-0.05, 0) is 32.3 Å². The van der Waals surface area contributed by atoms with Crippen LogP contribution in [0.3, 0.4) is 0 Å². The minimum atomic E-state index is 0.903. The van der Waals surface area contributed by atoms with E-state index in [1.54, 1.807) is 0 Å². The van der Waals surface area contributed by atoms with E-state index in [0.29, 0.717) is 0 Å². The molecular weight excluding hydrogens is 302 g/mol. The number of aryl methyl sites for hydroxylation is 1. The maximum Gasteiger partial charge on any atom is 0.128 e. The van der Waals surface area contributed by atoms with Gasteiger partial charge < -0.3 is 5.32 Å². The van der Waals surface area contributed by atoms with E-state index >= 15 is 0 Å². The van der Waals surface area contributed by atoms with Gasteiger partial charge in [0.05, 0.1) is 5.69 Å². The molecule has 0 aliphatic carbocycles. The van der Waals surface area contributed by atoms with Crippen molar-refractivity contribution in [2.75, 3.05) is 11.9 Å². The van der Waals surface area contributed by atoms with Crippen LogP contribution in [0.1, 0.15) is 25.3 Å². The Balaban J connectivity index is 2.16. The number of fused-ring (bicyclic) bond motifs is 1. The molecule has 1 N–H and O–H groups in total. The maximum atomic E-state index is 4.81. The molecule has 1 aromatic carbocycles. The fourth-order valence-corrected chi connectivity index (χ4v) is 3.14. The van der Waals surface area contributed by atoms with Crippen molar-refractivity contribution in [1.82, 2.24) is 9.78 Å². The number of anilines is 1. The van der Waals surface area contributed by atoms with Gasteiger partial charge >= 0.3 is 0 Å². The van der Waals surface area contributed by atoms with Gasteiger partial charge in [0.2, 0.25) is 0 Å². The lowest BCUT2D eigenvalue weighted by atomic mass is 10.0. The zero-order chi connectivity index (χ0) is 13.2. The number of benzene rings is 1. The van der Waals surface area contributed by atoms with Crippen molar-refractivity contribution in [2.45, 2.75) is 32.7 Å². The van der Waals surface area contributed by atoms with Gasteiger partial charge in [-0.25, -0.2) is 4.68 Å². The molecule has 2 aromatic rings. The van der Waals surface area contributed by atoms with E-state index in [4.69, 9.17) is 5.10 Å². The first-order chi connectivity index (χ1) is 9.31. The second-order valence-electron chi connectivity index (χ2n) is 4.86. The minimum Gasteiger partial charge on any atom is -0.370 e. The Bertz CT molecular complexity index is 589. The highest BCUT2D eigenvalue weighted by Crippen LogP contribution is 2.35. The molecule has 0 amide bonds. The van der Waals surface area contributed by atoms with Crippen LogP contribution in [-0.2, 0) is 13.0 Å². The van der Waals surface area contributed by atoms with E-state index in [9.17, 15) is 0 Å². The third-order valence-electron chi connectivity index (χ3n) is 3.63. The van der Waals surface area contributed by atoms with E-state index in [1.807, 2.05) is 6.07 Å². The summed E-state index contributed by atoms with van der Waals surface area (Å²) in [6.45, 7) is 4.09. The summed E-state index contributed by atoms with van der Waals surface area (Å²) in [5.41, 5.74) is 3.68. The fraction of sp³-hybridized carbons (Fsp3) is 0.400. The summed E-state index contributed by atoms with van der Waals surface area (Å²) in [4.78, 5) is 0. The summed E-state index contributed by atoms with van der Waals surface area (Å²) in [6, 6.07) is 8.33. The van der Waals surface area contributed by atoms with Crippen molar-refractivity contribution in [3.8, 4) is 11.3 Å². The number of hydrogen-bond donors (Lipinski definition) is 1. The smallest absolute Gasteiger partial charge is 0.128 e. The van der Waals surface area contributed by atoms with Gasteiger partial charge in [0.15, 0.2) is 0 Å². The molecule has 19 heavy (non-hydrogen) atoms. The molecule has 0 unspecified atom stereocenters. The largest absolute Gasteiger partial charge is 0.370 e. The zero-order valence-corrected chi connectivity index (χ0v) is 12.7. The van der Waals surface area contributed by atoms with E-state index in [2.05, 4.69) is 51.1 Å². The van der Waals surface area contributed by atoms with Crippen LogP contribution < -0.4 is 5.32 Å². The number of nitrogens with one attached hydrogen (secondary N) is 1. The van der Waals surface area contributed by atoms with Crippen molar-refractivity contribution < 1.29 is 0 Å². The molecule has 100 valence electrons. The molecule has 0 saturated heterocycles. The first kappa shape index (κ1) is 12.7. The maximum absolute atomic E-state index is 4.81. The van der Waals surface area contributed by atoms with Gasteiger partial charge in [0.25, 0.3) is 0 Å². The summed E-state index contributed by atoms with van der Waals surface area (Å²) >= 11 is 3.64. The van der Waals surface area contributed by atoms with Crippen LogP contribution in [0, 0.1) is 0 Å². The first-order valence-corrected chi connectivity index (χ1v) is 7.69. The summed E-state index contributed by atoms with van der Waals surface area (Å²) in [6.07, 6.45) is 3.57. The van der Waals surface area contributed by atoms with Gasteiger partial charge in [0.1, 0.15) is 5.82 Å². The Labute approximate surface area is 122 Å². The molecule has 0 saturated carbocycles. The monoisotopic (exact) mass is 319 g/mol. The molecule has 0 atom stereocenters. The normalized spacial score (nSPS) is 14.6. The highest BCUT2D eigenvalue weighted by atomic mass is 79.9. The summed E-state index contributed by atoms with van der Waals surface area (Å²) in [7, 11) is 0. The molecule has 4 heteroatoms. The van der Waals surface area contributed by atoms with Crippen molar-refractivity contribution in [3.05, 3.63) is 34.3 Å². The van der Waals surface area contributed by atoms with Crippen molar-refractivity contribution in [2.24, 2.45) is 0 Å². The number of nitrogens with zero attached hydrogens (tertiary/aromatic N) is 2. The number of rotatable bonds is 2. The van der Waals surface area contributed by atoms with Crippen LogP contribution in [0.15, 0.2) is 28.7 Å². The fourth-order valence-electron chi connectivity index (χ4n) is 2.67. The Kier molecular flexibility index (Phi) is 3.60. The molecule has 1 aliphatic heterocycles. The molecule has 3 nitrogen and oxygen atoms in total. The standard InChI is InChI=1S/C15H18BrN3/c1-2-19-15-12(8-5-6-10-17-15)14(18-19)11-7-3-4-9-13(11)16/h3-4,7,9,17H,2,5-6,8,10H2,1H3. The van der Waals surface area contributed by atoms with E-state index in [1.165, 1.54) is 29.8 Å². The summed E-state index contributed by atoms with van der Waals surface area (Å²) in [5.74, 6) is 1.21. The van der Waals surface area contributed by atoms with Gasteiger partial charge in [-0.2, -0.15) is 5.10 Å². The predicted octanol–water partition coefficient (Wildman–Crippen LogP) is 4.08. The van der Waals surface area contributed by atoms with Crippen LogP contribution in [0.4, 0.5) is 5.82 Å². The van der Waals surface area contributed by atoms with Crippen LogP contribution >= 0.6 is 15.9 Å². The third kappa shape index (κ3) is 2.29. The van der Waals surface area contributed by atoms with E-state index in [-0.39, 0.29) is 0 Å². The third-order valence-corrected chi connectivity index (χ3v) is 4.32. The van der Waals surface area contributed by atoms with Crippen LogP contribution in [0.2, 0.25) is 0 Å². The van der Waals surface area contributed by atoms with Gasteiger partial charge in [-0.1, -0.05) is 34.1 Å².